The molecular weight excluding hydrogens is 338 g/mol. The van der Waals surface area contributed by atoms with Gasteiger partial charge < -0.3 is 14.8 Å². The maximum Gasteiger partial charge on any atom is 0.311 e. The van der Waals surface area contributed by atoms with E-state index < -0.39 is 0 Å². The van der Waals surface area contributed by atoms with Crippen molar-refractivity contribution >= 4 is 44.9 Å². The first-order valence-corrected chi connectivity index (χ1v) is 8.83. The van der Waals surface area contributed by atoms with E-state index in [4.69, 9.17) is 9.47 Å². The lowest BCUT2D eigenvalue weighted by Gasteiger charge is -1.99. The van der Waals surface area contributed by atoms with Crippen molar-refractivity contribution < 1.29 is 19.1 Å². The van der Waals surface area contributed by atoms with Crippen LogP contribution in [0.25, 0.3) is 0 Å². The van der Waals surface area contributed by atoms with Gasteiger partial charge >= 0.3 is 11.9 Å². The topological polar surface area (TPSA) is 90.4 Å². The standard InChI is InChI=1S/C14H17N3O4S2/c1-3-20-11(18)5-9-7-22-13(15-9)17-14-16-10(8-23-14)6-12(19)21-4-2/h7-8H,3-6H2,1-2H3,(H,15,16,17). The third-order valence-electron chi connectivity index (χ3n) is 2.58. The molecule has 2 heterocycles. The highest BCUT2D eigenvalue weighted by Crippen LogP contribution is 2.24. The molecule has 0 unspecified atom stereocenters. The number of carbonyl (C=O) groups excluding carboxylic acids is 2. The summed E-state index contributed by atoms with van der Waals surface area (Å²) in [5.74, 6) is -0.592. The predicted molar refractivity (Wildman–Crippen MR) is 88.2 cm³/mol. The summed E-state index contributed by atoms with van der Waals surface area (Å²) in [6.07, 6.45) is 0.302. The average molecular weight is 355 g/mol. The molecule has 2 aromatic heterocycles. The Balaban J connectivity index is 1.90. The first-order chi connectivity index (χ1) is 11.1. The summed E-state index contributed by atoms with van der Waals surface area (Å²) in [4.78, 5) is 31.4. The Morgan fingerprint density at radius 3 is 1.78 bits per heavy atom. The molecule has 0 amide bonds. The smallest absolute Gasteiger partial charge is 0.311 e. The van der Waals surface area contributed by atoms with Gasteiger partial charge in [-0.25, -0.2) is 9.97 Å². The van der Waals surface area contributed by atoms with E-state index in [1.807, 2.05) is 0 Å². The van der Waals surface area contributed by atoms with Crippen LogP contribution >= 0.6 is 22.7 Å². The van der Waals surface area contributed by atoms with Gasteiger partial charge in [-0.15, -0.1) is 22.7 Å². The van der Waals surface area contributed by atoms with Gasteiger partial charge in [0.2, 0.25) is 0 Å². The molecule has 0 saturated carbocycles. The zero-order valence-electron chi connectivity index (χ0n) is 12.8. The molecule has 0 aromatic carbocycles. The number of hydrogen-bond acceptors (Lipinski definition) is 9. The fourth-order valence-corrected chi connectivity index (χ4v) is 3.19. The summed E-state index contributed by atoms with van der Waals surface area (Å²) in [6.45, 7) is 4.25. The zero-order valence-corrected chi connectivity index (χ0v) is 14.5. The lowest BCUT2D eigenvalue weighted by atomic mass is 10.3. The molecule has 0 aliphatic heterocycles. The van der Waals surface area contributed by atoms with E-state index in [0.29, 0.717) is 34.9 Å². The van der Waals surface area contributed by atoms with Crippen molar-refractivity contribution in [1.29, 1.82) is 0 Å². The highest BCUT2D eigenvalue weighted by molar-refractivity contribution is 7.16. The van der Waals surface area contributed by atoms with E-state index in [-0.39, 0.29) is 24.8 Å². The van der Waals surface area contributed by atoms with Gasteiger partial charge in [0.05, 0.1) is 37.4 Å². The van der Waals surface area contributed by atoms with Gasteiger partial charge in [-0.3, -0.25) is 9.59 Å². The minimum Gasteiger partial charge on any atom is -0.466 e. The second-order valence-electron chi connectivity index (χ2n) is 4.38. The third kappa shape index (κ3) is 5.61. The van der Waals surface area contributed by atoms with Gasteiger partial charge in [-0.2, -0.15) is 0 Å². The number of ether oxygens (including phenoxy) is 2. The molecule has 0 fully saturated rings. The molecule has 0 atom stereocenters. The Bertz CT molecular complexity index is 612. The van der Waals surface area contributed by atoms with Crippen molar-refractivity contribution in [3.63, 3.8) is 0 Å². The highest BCUT2D eigenvalue weighted by Gasteiger charge is 2.11. The van der Waals surface area contributed by atoms with E-state index in [2.05, 4.69) is 15.3 Å². The van der Waals surface area contributed by atoms with Crippen LogP contribution in [0.3, 0.4) is 0 Å². The molecule has 0 aliphatic rings. The fraction of sp³-hybridized carbons (Fsp3) is 0.429. The lowest BCUT2D eigenvalue weighted by Crippen LogP contribution is -2.08. The molecule has 2 aromatic rings. The molecule has 0 spiro atoms. The number of esters is 2. The number of carbonyl (C=O) groups is 2. The summed E-state index contributed by atoms with van der Waals surface area (Å²) in [6, 6.07) is 0. The number of aromatic nitrogens is 2. The van der Waals surface area contributed by atoms with Gasteiger partial charge in [0.15, 0.2) is 10.3 Å². The Kier molecular flexibility index (Phi) is 6.48. The summed E-state index contributed by atoms with van der Waals surface area (Å²) < 4.78 is 9.77. The van der Waals surface area contributed by atoms with Crippen LogP contribution < -0.4 is 5.32 Å². The molecule has 0 bridgehead atoms. The van der Waals surface area contributed by atoms with E-state index in [0.717, 1.165) is 0 Å². The Labute approximate surface area is 141 Å². The fourth-order valence-electron chi connectivity index (χ4n) is 1.70. The molecule has 0 aliphatic carbocycles. The predicted octanol–water partition coefficient (Wildman–Crippen LogP) is 2.55. The summed E-state index contributed by atoms with van der Waals surface area (Å²) in [7, 11) is 0. The summed E-state index contributed by atoms with van der Waals surface area (Å²) in [5.41, 5.74) is 1.30. The molecule has 1 N–H and O–H groups in total. The van der Waals surface area contributed by atoms with Crippen LogP contribution in [0, 0.1) is 0 Å². The maximum absolute atomic E-state index is 11.4. The van der Waals surface area contributed by atoms with Crippen molar-refractivity contribution in [1.82, 2.24) is 9.97 Å². The number of nitrogens with zero attached hydrogens (tertiary/aromatic N) is 2. The van der Waals surface area contributed by atoms with Crippen LogP contribution in [-0.4, -0.2) is 35.1 Å². The van der Waals surface area contributed by atoms with Crippen LogP contribution in [0.4, 0.5) is 10.3 Å². The van der Waals surface area contributed by atoms with Crippen LogP contribution in [0.5, 0.6) is 0 Å². The Morgan fingerprint density at radius 2 is 1.39 bits per heavy atom. The number of anilines is 2. The molecule has 124 valence electrons. The van der Waals surface area contributed by atoms with Gasteiger partial charge in [-0.1, -0.05) is 0 Å². The largest absolute Gasteiger partial charge is 0.466 e. The molecule has 0 saturated heterocycles. The van der Waals surface area contributed by atoms with Gasteiger partial charge in [-0.05, 0) is 13.8 Å². The molecule has 0 radical (unpaired) electrons. The number of thiazole rings is 2. The first-order valence-electron chi connectivity index (χ1n) is 7.07. The molecule has 7 nitrogen and oxygen atoms in total. The third-order valence-corrected chi connectivity index (χ3v) is 4.19. The molecule has 9 heteroatoms. The molecule has 23 heavy (non-hydrogen) atoms. The minimum atomic E-state index is -0.296. The minimum absolute atomic E-state index is 0.151. The zero-order chi connectivity index (χ0) is 16.7. The van der Waals surface area contributed by atoms with Crippen LogP contribution in [0.2, 0.25) is 0 Å². The quantitative estimate of drug-likeness (QED) is 0.728. The van der Waals surface area contributed by atoms with Crippen LogP contribution in [0.1, 0.15) is 25.2 Å². The summed E-state index contributed by atoms with van der Waals surface area (Å²) in [5, 5.41) is 7.94. The normalized spacial score (nSPS) is 10.3. The van der Waals surface area contributed by atoms with Gasteiger partial charge in [0, 0.05) is 10.8 Å². The molecule has 2 rings (SSSR count). The van der Waals surface area contributed by atoms with Crippen molar-refractivity contribution in [2.45, 2.75) is 26.7 Å². The maximum atomic E-state index is 11.4. The number of hydrogen-bond donors (Lipinski definition) is 1. The van der Waals surface area contributed by atoms with Gasteiger partial charge in [0.1, 0.15) is 0 Å². The van der Waals surface area contributed by atoms with Crippen molar-refractivity contribution in [2.75, 3.05) is 18.5 Å². The highest BCUT2D eigenvalue weighted by atomic mass is 32.1. The van der Waals surface area contributed by atoms with E-state index in [9.17, 15) is 9.59 Å². The number of nitrogens with one attached hydrogen (secondary N) is 1. The summed E-state index contributed by atoms with van der Waals surface area (Å²) >= 11 is 2.76. The Morgan fingerprint density at radius 1 is 0.957 bits per heavy atom. The second kappa shape index (κ2) is 8.59. The molecular formula is C14H17N3O4S2. The number of rotatable bonds is 8. The van der Waals surface area contributed by atoms with E-state index in [1.165, 1.54) is 22.7 Å². The monoisotopic (exact) mass is 355 g/mol. The van der Waals surface area contributed by atoms with Crippen molar-refractivity contribution in [3.05, 3.63) is 22.1 Å². The van der Waals surface area contributed by atoms with Crippen LogP contribution in [-0.2, 0) is 31.9 Å². The van der Waals surface area contributed by atoms with Gasteiger partial charge in [0.25, 0.3) is 0 Å². The second-order valence-corrected chi connectivity index (χ2v) is 6.09. The van der Waals surface area contributed by atoms with E-state index in [1.54, 1.807) is 24.6 Å². The lowest BCUT2D eigenvalue weighted by molar-refractivity contribution is -0.143. The van der Waals surface area contributed by atoms with Crippen molar-refractivity contribution in [2.24, 2.45) is 0 Å². The van der Waals surface area contributed by atoms with E-state index >= 15 is 0 Å². The Hall–Kier alpha value is -2.00. The van der Waals surface area contributed by atoms with Crippen molar-refractivity contribution in [3.8, 4) is 0 Å². The first kappa shape index (κ1) is 17.4. The average Bonchev–Trinajstić information content (AvgIpc) is 3.10. The van der Waals surface area contributed by atoms with Crippen LogP contribution in [0.15, 0.2) is 10.8 Å². The SMILES string of the molecule is CCOC(=O)Cc1csc(Nc2nc(CC(=O)OCC)cs2)n1.